The smallest absolute Gasteiger partial charge is 0.251 e. The molecule has 41 heavy (non-hydrogen) atoms. The first-order valence-electron chi connectivity index (χ1n) is 14.3. The van der Waals surface area contributed by atoms with Crippen molar-refractivity contribution in [2.45, 2.75) is 38.3 Å². The maximum atomic E-state index is 14.0. The number of benzene rings is 3. The van der Waals surface area contributed by atoms with Gasteiger partial charge in [0.25, 0.3) is 5.91 Å². The first-order chi connectivity index (χ1) is 19.9. The minimum absolute atomic E-state index is 0.0213. The summed E-state index contributed by atoms with van der Waals surface area (Å²) in [5, 5.41) is 3.64. The summed E-state index contributed by atoms with van der Waals surface area (Å²) in [6.07, 6.45) is 2.26. The molecule has 2 amide bonds. The Labute approximate surface area is 242 Å². The van der Waals surface area contributed by atoms with Crippen LogP contribution in [-0.2, 0) is 22.4 Å². The molecule has 214 valence electrons. The van der Waals surface area contributed by atoms with Gasteiger partial charge in [-0.2, -0.15) is 0 Å². The minimum atomic E-state index is -0.191. The lowest BCUT2D eigenvalue weighted by Gasteiger charge is -2.44. The molecule has 2 aliphatic rings. The van der Waals surface area contributed by atoms with Crippen molar-refractivity contribution in [3.63, 3.8) is 0 Å². The minimum Gasteiger partial charge on any atom is -0.497 e. The van der Waals surface area contributed by atoms with Crippen molar-refractivity contribution in [1.82, 2.24) is 15.1 Å². The van der Waals surface area contributed by atoms with Gasteiger partial charge in [0, 0.05) is 57.7 Å². The monoisotopic (exact) mass is 553 g/mol. The highest BCUT2D eigenvalue weighted by Gasteiger charge is 2.39. The average Bonchev–Trinajstić information content (AvgIpc) is 3.00. The van der Waals surface area contributed by atoms with Crippen molar-refractivity contribution >= 4 is 17.4 Å². The highest BCUT2D eigenvalue weighted by molar-refractivity contribution is 6.03. The molecule has 7 heteroatoms. The molecule has 1 N–H and O–H groups in total. The van der Waals surface area contributed by atoms with Gasteiger partial charge in [-0.15, -0.1) is 0 Å². The lowest BCUT2D eigenvalue weighted by Crippen LogP contribution is -2.61. The molecular weight excluding hydrogens is 514 g/mol. The highest BCUT2D eigenvalue weighted by Crippen LogP contribution is 2.34. The molecule has 0 radical (unpaired) electrons. The Morgan fingerprint density at radius 3 is 2.39 bits per heavy atom. The summed E-state index contributed by atoms with van der Waals surface area (Å²) >= 11 is 0. The third-order valence-corrected chi connectivity index (χ3v) is 8.01. The maximum Gasteiger partial charge on any atom is 0.251 e. The molecule has 2 atom stereocenters. The predicted octanol–water partition coefficient (Wildman–Crippen LogP) is 4.36. The molecule has 0 aromatic heterocycles. The van der Waals surface area contributed by atoms with E-state index in [4.69, 9.17) is 9.47 Å². The first kappa shape index (κ1) is 28.4. The number of carbonyl (C=O) groups excluding carboxylic acids is 2. The highest BCUT2D eigenvalue weighted by atomic mass is 16.5. The third-order valence-electron chi connectivity index (χ3n) is 8.01. The molecule has 2 aliphatic heterocycles. The van der Waals surface area contributed by atoms with Crippen molar-refractivity contribution < 1.29 is 19.1 Å². The fraction of sp³-hybridized carbons (Fsp3) is 0.353. The van der Waals surface area contributed by atoms with Crippen LogP contribution in [0.5, 0.6) is 11.5 Å². The van der Waals surface area contributed by atoms with E-state index in [1.54, 1.807) is 14.0 Å². The summed E-state index contributed by atoms with van der Waals surface area (Å²) in [7, 11) is 3.52. The van der Waals surface area contributed by atoms with E-state index >= 15 is 0 Å². The third kappa shape index (κ3) is 6.98. The van der Waals surface area contributed by atoms with E-state index in [0.717, 1.165) is 41.1 Å². The molecule has 2 bridgehead atoms. The molecule has 0 saturated carbocycles. The normalized spacial score (nSPS) is 18.2. The fourth-order valence-electron chi connectivity index (χ4n) is 5.72. The average molecular weight is 554 g/mol. The van der Waals surface area contributed by atoms with Gasteiger partial charge >= 0.3 is 0 Å². The van der Waals surface area contributed by atoms with Crippen LogP contribution >= 0.6 is 0 Å². The summed E-state index contributed by atoms with van der Waals surface area (Å²) in [4.78, 5) is 29.9. The fourth-order valence-corrected chi connectivity index (χ4v) is 5.72. The van der Waals surface area contributed by atoms with Crippen LogP contribution in [0.1, 0.15) is 30.0 Å². The summed E-state index contributed by atoms with van der Waals surface area (Å²) in [6, 6.07) is 26.3. The van der Waals surface area contributed by atoms with Gasteiger partial charge in [-0.25, -0.2) is 0 Å². The van der Waals surface area contributed by atoms with Crippen LogP contribution in [0.4, 0.5) is 0 Å². The number of piperazine rings is 1. The number of amides is 2. The number of nitrogens with zero attached hydrogens (tertiary/aromatic N) is 2. The quantitative estimate of drug-likeness (QED) is 0.404. The predicted molar refractivity (Wildman–Crippen MR) is 161 cm³/mol. The topological polar surface area (TPSA) is 71.1 Å². The van der Waals surface area contributed by atoms with Crippen LogP contribution in [0.25, 0.3) is 5.57 Å². The summed E-state index contributed by atoms with van der Waals surface area (Å²) < 4.78 is 11.2. The molecule has 3 aromatic rings. The van der Waals surface area contributed by atoms with Gasteiger partial charge in [0.15, 0.2) is 0 Å². The van der Waals surface area contributed by atoms with E-state index in [9.17, 15) is 9.59 Å². The first-order valence-corrected chi connectivity index (χ1v) is 14.3. The van der Waals surface area contributed by atoms with Crippen LogP contribution in [0.3, 0.4) is 0 Å². The number of methoxy groups -OCH3 is 1. The van der Waals surface area contributed by atoms with Crippen molar-refractivity contribution in [3.8, 4) is 11.5 Å². The molecular formula is C34H39N3O4. The van der Waals surface area contributed by atoms with E-state index < -0.39 is 0 Å². The number of nitrogens with one attached hydrogen (secondary N) is 1. The molecule has 0 spiro atoms. The molecule has 3 aromatic carbocycles. The van der Waals surface area contributed by atoms with E-state index in [1.165, 1.54) is 11.1 Å². The van der Waals surface area contributed by atoms with Crippen LogP contribution in [0.2, 0.25) is 0 Å². The van der Waals surface area contributed by atoms with Crippen LogP contribution in [0, 0.1) is 0 Å². The van der Waals surface area contributed by atoms with Gasteiger partial charge in [0.2, 0.25) is 5.91 Å². The SMILES string of the molecule is COc1cccc(OCCc2ccc(C3=C(C(=O)N(C)CCc4ccccc4)[C@H]4CN(C(C)=O)C[C@@H](C3)N4)cc2)c1. The Bertz CT molecular complexity index is 1390. The molecule has 5 rings (SSSR count). The Morgan fingerprint density at radius 2 is 1.66 bits per heavy atom. The van der Waals surface area contributed by atoms with Gasteiger partial charge in [-0.1, -0.05) is 60.7 Å². The number of fused-ring (bicyclic) bond motifs is 2. The van der Waals surface area contributed by atoms with Gasteiger partial charge in [0.05, 0.1) is 19.8 Å². The maximum absolute atomic E-state index is 14.0. The van der Waals surface area contributed by atoms with E-state index in [1.807, 2.05) is 59.3 Å². The summed E-state index contributed by atoms with van der Waals surface area (Å²) in [6.45, 7) is 3.94. The number of carbonyl (C=O) groups is 2. The number of ether oxygens (including phenoxy) is 2. The molecule has 0 unspecified atom stereocenters. The second-order valence-corrected chi connectivity index (χ2v) is 10.9. The lowest BCUT2D eigenvalue weighted by molar-refractivity contribution is -0.132. The van der Waals surface area contributed by atoms with Gasteiger partial charge in [-0.05, 0) is 47.2 Å². The van der Waals surface area contributed by atoms with E-state index in [0.29, 0.717) is 32.7 Å². The zero-order valence-electron chi connectivity index (χ0n) is 24.1. The zero-order valence-corrected chi connectivity index (χ0v) is 24.1. The number of rotatable bonds is 10. The van der Waals surface area contributed by atoms with Gasteiger partial charge < -0.3 is 24.6 Å². The standard InChI is InChI=1S/C34H39N3O4/c1-24(38)37-22-28-20-31(27-14-12-26(13-15-27)17-19-41-30-11-7-10-29(21-30)40-3)33(32(23-37)35-28)34(39)36(2)18-16-25-8-5-4-6-9-25/h4-15,21,28,32,35H,16-20,22-23H2,1-3H3/t28-,32-/m1/s1. The number of hydrogen-bond acceptors (Lipinski definition) is 5. The molecule has 7 nitrogen and oxygen atoms in total. The van der Waals surface area contributed by atoms with E-state index in [2.05, 4.69) is 41.7 Å². The Kier molecular flexibility index (Phi) is 9.04. The summed E-state index contributed by atoms with van der Waals surface area (Å²) in [5.41, 5.74) is 5.29. The lowest BCUT2D eigenvalue weighted by atomic mass is 9.82. The molecule has 0 aliphatic carbocycles. The molecule has 2 heterocycles. The second-order valence-electron chi connectivity index (χ2n) is 10.9. The van der Waals surface area contributed by atoms with Gasteiger partial charge in [-0.3, -0.25) is 9.59 Å². The number of hydrogen-bond donors (Lipinski definition) is 1. The zero-order chi connectivity index (χ0) is 28.8. The summed E-state index contributed by atoms with van der Waals surface area (Å²) in [5.74, 6) is 1.63. The van der Waals surface area contributed by atoms with Crippen molar-refractivity contribution in [3.05, 3.63) is 101 Å². The van der Waals surface area contributed by atoms with Crippen molar-refractivity contribution in [1.29, 1.82) is 0 Å². The molecule has 1 saturated heterocycles. The van der Waals surface area contributed by atoms with Gasteiger partial charge in [0.1, 0.15) is 11.5 Å². The van der Waals surface area contributed by atoms with Crippen LogP contribution < -0.4 is 14.8 Å². The van der Waals surface area contributed by atoms with Crippen LogP contribution in [-0.4, -0.2) is 74.1 Å². The van der Waals surface area contributed by atoms with E-state index in [-0.39, 0.29) is 23.9 Å². The Balaban J connectivity index is 1.33. The van der Waals surface area contributed by atoms with Crippen molar-refractivity contribution in [2.75, 3.05) is 40.4 Å². The largest absolute Gasteiger partial charge is 0.497 e. The van der Waals surface area contributed by atoms with Crippen molar-refractivity contribution in [2.24, 2.45) is 0 Å². The molecule has 1 fully saturated rings. The number of likely N-dealkylation sites (N-methyl/N-ethyl adjacent to an activating group) is 1. The van der Waals surface area contributed by atoms with Crippen LogP contribution in [0.15, 0.2) is 84.4 Å². The Hall–Kier alpha value is -4.10. The second kappa shape index (κ2) is 13.0. The Morgan fingerprint density at radius 1 is 0.927 bits per heavy atom.